The van der Waals surface area contributed by atoms with Crippen LogP contribution in [0.2, 0.25) is 0 Å². The molecule has 0 amide bonds. The predicted octanol–water partition coefficient (Wildman–Crippen LogP) is 3.96. The van der Waals surface area contributed by atoms with Gasteiger partial charge in [0.1, 0.15) is 0 Å². The standard InChI is InChI=1S/C18H13F4N3O3S2/c1-28-14-6-9-8-29-16-15(12(9)7-13(14)19)25(24-17(16)18(20,21)22)10-2-4-11(5-3-10)30(23,26)27/h2-7H,8H2,1H3,(H2,23,26,27). The van der Waals surface area contributed by atoms with Gasteiger partial charge in [-0.25, -0.2) is 22.6 Å². The molecule has 0 unspecified atom stereocenters. The van der Waals surface area contributed by atoms with E-state index in [-0.39, 0.29) is 38.2 Å². The lowest BCUT2D eigenvalue weighted by Crippen LogP contribution is -2.12. The van der Waals surface area contributed by atoms with Gasteiger partial charge in [-0.15, -0.1) is 11.8 Å². The van der Waals surface area contributed by atoms with Gasteiger partial charge in [-0.2, -0.15) is 18.3 Å². The number of methoxy groups -OCH3 is 1. The van der Waals surface area contributed by atoms with E-state index in [2.05, 4.69) is 5.10 Å². The van der Waals surface area contributed by atoms with Crippen molar-refractivity contribution in [1.82, 2.24) is 9.78 Å². The quantitative estimate of drug-likeness (QED) is 0.599. The van der Waals surface area contributed by atoms with Gasteiger partial charge in [-0.1, -0.05) is 0 Å². The Morgan fingerprint density at radius 3 is 2.43 bits per heavy atom. The number of halogens is 4. The molecule has 4 rings (SSSR count). The molecule has 1 aromatic heterocycles. The molecule has 30 heavy (non-hydrogen) atoms. The van der Waals surface area contributed by atoms with Crippen LogP contribution in [-0.4, -0.2) is 25.3 Å². The number of primary sulfonamides is 1. The van der Waals surface area contributed by atoms with Gasteiger partial charge >= 0.3 is 6.18 Å². The van der Waals surface area contributed by atoms with E-state index >= 15 is 0 Å². The first-order valence-electron chi connectivity index (χ1n) is 8.33. The van der Waals surface area contributed by atoms with Crippen LogP contribution < -0.4 is 9.88 Å². The van der Waals surface area contributed by atoms with E-state index in [9.17, 15) is 26.0 Å². The number of nitrogens with zero attached hydrogens (tertiary/aromatic N) is 2. The first-order chi connectivity index (χ1) is 14.0. The molecule has 0 aliphatic carbocycles. The third kappa shape index (κ3) is 3.44. The van der Waals surface area contributed by atoms with Crippen LogP contribution in [0.25, 0.3) is 16.9 Å². The lowest BCUT2D eigenvalue weighted by Gasteiger charge is -2.20. The highest BCUT2D eigenvalue weighted by atomic mass is 32.2. The number of ether oxygens (including phenoxy) is 1. The lowest BCUT2D eigenvalue weighted by molar-refractivity contribution is -0.143. The Hall–Kier alpha value is -2.57. The monoisotopic (exact) mass is 459 g/mol. The molecule has 2 heterocycles. The number of nitrogens with two attached hydrogens (primary N) is 1. The van der Waals surface area contributed by atoms with E-state index in [0.29, 0.717) is 5.56 Å². The number of benzene rings is 2. The Morgan fingerprint density at radius 2 is 1.87 bits per heavy atom. The number of rotatable bonds is 3. The van der Waals surface area contributed by atoms with E-state index in [0.717, 1.165) is 34.6 Å². The topological polar surface area (TPSA) is 87.2 Å². The number of thioether (sulfide) groups is 1. The van der Waals surface area contributed by atoms with Crippen molar-refractivity contribution >= 4 is 21.8 Å². The zero-order chi connectivity index (χ0) is 21.8. The molecule has 158 valence electrons. The summed E-state index contributed by atoms with van der Waals surface area (Å²) in [4.78, 5) is -0.330. The van der Waals surface area contributed by atoms with Crippen molar-refractivity contribution in [3.8, 4) is 22.7 Å². The summed E-state index contributed by atoms with van der Waals surface area (Å²) in [6.07, 6.45) is -4.73. The molecule has 0 saturated carbocycles. The molecule has 0 atom stereocenters. The van der Waals surface area contributed by atoms with Gasteiger partial charge < -0.3 is 4.74 Å². The van der Waals surface area contributed by atoms with Gasteiger partial charge in [0.05, 0.1) is 28.3 Å². The second-order valence-electron chi connectivity index (χ2n) is 6.41. The van der Waals surface area contributed by atoms with E-state index < -0.39 is 27.7 Å². The fraction of sp³-hybridized carbons (Fsp3) is 0.167. The maximum Gasteiger partial charge on any atom is 0.436 e. The van der Waals surface area contributed by atoms with E-state index in [1.807, 2.05) is 0 Å². The van der Waals surface area contributed by atoms with Crippen LogP contribution in [0.4, 0.5) is 17.6 Å². The van der Waals surface area contributed by atoms with Crippen LogP contribution in [0, 0.1) is 5.82 Å². The van der Waals surface area contributed by atoms with E-state index in [1.165, 1.54) is 25.3 Å². The van der Waals surface area contributed by atoms with E-state index in [1.54, 1.807) is 0 Å². The van der Waals surface area contributed by atoms with Crippen LogP contribution in [0.1, 0.15) is 11.3 Å². The first kappa shape index (κ1) is 20.7. The number of alkyl halides is 3. The Kier molecular flexibility index (Phi) is 4.83. The van der Waals surface area contributed by atoms with Gasteiger partial charge in [0.25, 0.3) is 0 Å². The molecule has 0 radical (unpaired) electrons. The molecule has 0 bridgehead atoms. The fourth-order valence-electron chi connectivity index (χ4n) is 3.17. The summed E-state index contributed by atoms with van der Waals surface area (Å²) in [6.45, 7) is 0. The summed E-state index contributed by atoms with van der Waals surface area (Å²) < 4.78 is 84.1. The van der Waals surface area contributed by atoms with Crippen molar-refractivity contribution in [2.45, 2.75) is 21.7 Å². The molecule has 2 N–H and O–H groups in total. The number of aromatic nitrogens is 2. The predicted molar refractivity (Wildman–Crippen MR) is 101 cm³/mol. The molecule has 1 aliphatic heterocycles. The average Bonchev–Trinajstić information content (AvgIpc) is 3.07. The van der Waals surface area contributed by atoms with Gasteiger partial charge in [-0.05, 0) is 42.0 Å². The summed E-state index contributed by atoms with van der Waals surface area (Å²) in [6, 6.07) is 7.45. The van der Waals surface area contributed by atoms with Crippen molar-refractivity contribution in [3.05, 3.63) is 53.5 Å². The van der Waals surface area contributed by atoms with Crippen LogP contribution in [0.3, 0.4) is 0 Å². The summed E-state index contributed by atoms with van der Waals surface area (Å²) in [5.41, 5.74) is -0.0282. The SMILES string of the molecule is COc1cc2c(cc1F)-c1c(c(C(F)(F)F)nn1-c1ccc(S(N)(=O)=O)cc1)SC2. The molecule has 2 aromatic carbocycles. The molecule has 0 fully saturated rings. The summed E-state index contributed by atoms with van der Waals surface area (Å²) in [5, 5.41) is 8.80. The molecule has 6 nitrogen and oxygen atoms in total. The Balaban J connectivity index is 1.97. The number of fused-ring (bicyclic) bond motifs is 3. The number of hydrogen-bond acceptors (Lipinski definition) is 5. The van der Waals surface area contributed by atoms with Crippen LogP contribution in [0.15, 0.2) is 46.2 Å². The molecule has 0 spiro atoms. The summed E-state index contributed by atoms with van der Waals surface area (Å²) in [5.74, 6) is -0.560. The minimum atomic E-state index is -4.73. The van der Waals surface area contributed by atoms with Crippen LogP contribution in [0.5, 0.6) is 5.75 Å². The summed E-state index contributed by atoms with van der Waals surface area (Å²) >= 11 is 0.936. The molecular formula is C18H13F4N3O3S2. The molecular weight excluding hydrogens is 446 g/mol. The van der Waals surface area contributed by atoms with Gasteiger partial charge in [0.15, 0.2) is 17.3 Å². The Morgan fingerprint density at radius 1 is 1.20 bits per heavy atom. The van der Waals surface area contributed by atoms with E-state index in [4.69, 9.17) is 9.88 Å². The minimum Gasteiger partial charge on any atom is -0.494 e. The average molecular weight is 459 g/mol. The zero-order valence-electron chi connectivity index (χ0n) is 15.2. The highest BCUT2D eigenvalue weighted by Gasteiger charge is 2.41. The summed E-state index contributed by atoms with van der Waals surface area (Å²) in [7, 11) is -2.68. The van der Waals surface area contributed by atoms with Crippen molar-refractivity contribution in [3.63, 3.8) is 0 Å². The van der Waals surface area contributed by atoms with Crippen molar-refractivity contribution in [2.24, 2.45) is 5.14 Å². The highest BCUT2D eigenvalue weighted by Crippen LogP contribution is 2.49. The lowest BCUT2D eigenvalue weighted by atomic mass is 10.0. The molecule has 1 aliphatic rings. The Labute approximate surface area is 172 Å². The molecule has 12 heteroatoms. The highest BCUT2D eigenvalue weighted by molar-refractivity contribution is 7.98. The molecule has 3 aromatic rings. The van der Waals surface area contributed by atoms with Crippen molar-refractivity contribution < 1.29 is 30.7 Å². The smallest absolute Gasteiger partial charge is 0.436 e. The maximum absolute atomic E-state index is 14.4. The van der Waals surface area contributed by atoms with Gasteiger partial charge in [0.2, 0.25) is 10.0 Å². The minimum absolute atomic E-state index is 0.0163. The number of hydrogen-bond donors (Lipinski definition) is 1. The molecule has 0 saturated heterocycles. The van der Waals surface area contributed by atoms with Crippen LogP contribution >= 0.6 is 11.8 Å². The third-order valence-corrected chi connectivity index (χ3v) is 6.59. The third-order valence-electron chi connectivity index (χ3n) is 4.53. The van der Waals surface area contributed by atoms with Crippen LogP contribution in [-0.2, 0) is 22.0 Å². The van der Waals surface area contributed by atoms with Gasteiger partial charge in [0, 0.05) is 11.3 Å². The maximum atomic E-state index is 14.4. The normalized spacial score (nSPS) is 13.7. The second kappa shape index (κ2) is 7.00. The fourth-order valence-corrected chi connectivity index (χ4v) is 4.85. The Bertz CT molecular complexity index is 1250. The first-order valence-corrected chi connectivity index (χ1v) is 10.9. The number of sulfonamides is 1. The van der Waals surface area contributed by atoms with Crippen molar-refractivity contribution in [2.75, 3.05) is 7.11 Å². The van der Waals surface area contributed by atoms with Gasteiger partial charge in [-0.3, -0.25) is 0 Å². The largest absolute Gasteiger partial charge is 0.494 e. The second-order valence-corrected chi connectivity index (χ2v) is 8.95. The zero-order valence-corrected chi connectivity index (χ0v) is 16.8. The van der Waals surface area contributed by atoms with Crippen molar-refractivity contribution in [1.29, 1.82) is 0 Å².